The summed E-state index contributed by atoms with van der Waals surface area (Å²) in [6, 6.07) is 17.3. The quantitative estimate of drug-likeness (QED) is 0.833. The number of nitrogens with one attached hydrogen (secondary N) is 2. The van der Waals surface area contributed by atoms with Crippen LogP contribution in [0, 0.1) is 0 Å². The normalized spacial score (nSPS) is 10.0. The van der Waals surface area contributed by atoms with Crippen LogP contribution in [0.5, 0.6) is 0 Å². The van der Waals surface area contributed by atoms with Crippen LogP contribution in [0.15, 0.2) is 54.6 Å². The summed E-state index contributed by atoms with van der Waals surface area (Å²) in [5, 5.41) is 5.21. The zero-order valence-electron chi connectivity index (χ0n) is 12.6. The maximum atomic E-state index is 11.8. The van der Waals surface area contributed by atoms with E-state index in [2.05, 4.69) is 17.6 Å². The molecule has 0 aliphatic heterocycles. The molecule has 22 heavy (non-hydrogen) atoms. The van der Waals surface area contributed by atoms with Crippen LogP contribution >= 0.6 is 0 Å². The molecule has 114 valence electrons. The maximum Gasteiger partial charge on any atom is 0.313 e. The lowest BCUT2D eigenvalue weighted by Gasteiger charge is -2.07. The van der Waals surface area contributed by atoms with E-state index in [1.807, 2.05) is 42.5 Å². The van der Waals surface area contributed by atoms with E-state index in [4.69, 9.17) is 0 Å². The lowest BCUT2D eigenvalue weighted by atomic mass is 10.1. The highest BCUT2D eigenvalue weighted by Crippen LogP contribution is 2.09. The van der Waals surface area contributed by atoms with Crippen LogP contribution in [0.3, 0.4) is 0 Å². The molecule has 0 spiro atoms. The molecular weight excluding hydrogens is 276 g/mol. The fourth-order valence-electron chi connectivity index (χ4n) is 2.06. The SMILES string of the molecule is CCc1ccc(NC(=O)C(=O)NCCc2ccccc2)cc1. The molecule has 0 unspecified atom stereocenters. The highest BCUT2D eigenvalue weighted by molar-refractivity contribution is 6.39. The van der Waals surface area contributed by atoms with Crippen molar-refractivity contribution in [3.05, 3.63) is 65.7 Å². The molecule has 0 radical (unpaired) electrons. The van der Waals surface area contributed by atoms with E-state index in [-0.39, 0.29) is 0 Å². The standard InChI is InChI=1S/C18H20N2O2/c1-2-14-8-10-16(11-9-14)20-18(22)17(21)19-13-12-15-6-4-3-5-7-15/h3-11H,2,12-13H2,1H3,(H,19,21)(H,20,22). The summed E-state index contributed by atoms with van der Waals surface area (Å²) in [5.41, 5.74) is 2.93. The monoisotopic (exact) mass is 296 g/mol. The molecule has 2 rings (SSSR count). The number of hydrogen-bond donors (Lipinski definition) is 2. The molecule has 0 aliphatic rings. The van der Waals surface area contributed by atoms with Gasteiger partial charge in [-0.25, -0.2) is 0 Å². The Kier molecular flexibility index (Phi) is 5.72. The van der Waals surface area contributed by atoms with Crippen LogP contribution in [0.25, 0.3) is 0 Å². The van der Waals surface area contributed by atoms with Crippen molar-refractivity contribution in [3.63, 3.8) is 0 Å². The van der Waals surface area contributed by atoms with Gasteiger partial charge in [0.2, 0.25) is 0 Å². The minimum absolute atomic E-state index is 0.436. The van der Waals surface area contributed by atoms with Gasteiger partial charge in [0, 0.05) is 12.2 Å². The van der Waals surface area contributed by atoms with Crippen LogP contribution in [0.4, 0.5) is 5.69 Å². The van der Waals surface area contributed by atoms with E-state index in [0.717, 1.165) is 12.0 Å². The third-order valence-electron chi connectivity index (χ3n) is 3.37. The first kappa shape index (κ1) is 15.8. The van der Waals surface area contributed by atoms with Crippen molar-refractivity contribution in [1.82, 2.24) is 5.32 Å². The summed E-state index contributed by atoms with van der Waals surface area (Å²) in [6.07, 6.45) is 1.64. The molecule has 4 heteroatoms. The Morgan fingerprint density at radius 2 is 1.55 bits per heavy atom. The third-order valence-corrected chi connectivity index (χ3v) is 3.37. The zero-order valence-corrected chi connectivity index (χ0v) is 12.6. The van der Waals surface area contributed by atoms with Crippen LogP contribution in [0.2, 0.25) is 0 Å². The van der Waals surface area contributed by atoms with Gasteiger partial charge in [-0.05, 0) is 36.1 Å². The Hall–Kier alpha value is -2.62. The lowest BCUT2D eigenvalue weighted by Crippen LogP contribution is -2.36. The summed E-state index contributed by atoms with van der Waals surface area (Å²) >= 11 is 0. The second kappa shape index (κ2) is 7.98. The Bertz CT molecular complexity index is 621. The minimum Gasteiger partial charge on any atom is -0.347 e. The number of hydrogen-bond acceptors (Lipinski definition) is 2. The van der Waals surface area contributed by atoms with E-state index in [0.29, 0.717) is 18.7 Å². The number of rotatable bonds is 5. The molecule has 2 amide bonds. The van der Waals surface area contributed by atoms with Crippen molar-refractivity contribution in [2.45, 2.75) is 19.8 Å². The molecular formula is C18H20N2O2. The molecule has 2 N–H and O–H groups in total. The first-order valence-electron chi connectivity index (χ1n) is 7.41. The molecule has 0 atom stereocenters. The Labute approximate surface area is 130 Å². The molecule has 0 fully saturated rings. The van der Waals surface area contributed by atoms with E-state index in [1.165, 1.54) is 5.56 Å². The van der Waals surface area contributed by atoms with Crippen LogP contribution in [-0.2, 0) is 22.4 Å². The molecule has 0 saturated carbocycles. The van der Waals surface area contributed by atoms with Crippen molar-refractivity contribution < 1.29 is 9.59 Å². The maximum absolute atomic E-state index is 11.8. The van der Waals surface area contributed by atoms with Gasteiger partial charge in [-0.2, -0.15) is 0 Å². The first-order valence-corrected chi connectivity index (χ1v) is 7.41. The number of amides is 2. The van der Waals surface area contributed by atoms with Crippen molar-refractivity contribution in [3.8, 4) is 0 Å². The molecule has 0 aliphatic carbocycles. The van der Waals surface area contributed by atoms with Gasteiger partial charge in [0.1, 0.15) is 0 Å². The van der Waals surface area contributed by atoms with E-state index in [9.17, 15) is 9.59 Å². The van der Waals surface area contributed by atoms with Crippen molar-refractivity contribution in [1.29, 1.82) is 0 Å². The summed E-state index contributed by atoms with van der Waals surface area (Å²) in [6.45, 7) is 2.50. The number of anilines is 1. The largest absolute Gasteiger partial charge is 0.347 e. The number of carbonyl (C=O) groups excluding carboxylic acids is 2. The highest BCUT2D eigenvalue weighted by Gasteiger charge is 2.12. The fraction of sp³-hybridized carbons (Fsp3) is 0.222. The van der Waals surface area contributed by atoms with Gasteiger partial charge < -0.3 is 10.6 Å². The van der Waals surface area contributed by atoms with Gasteiger partial charge >= 0.3 is 11.8 Å². The predicted octanol–water partition coefficient (Wildman–Crippen LogP) is 2.55. The molecule has 4 nitrogen and oxygen atoms in total. The van der Waals surface area contributed by atoms with E-state index < -0.39 is 11.8 Å². The van der Waals surface area contributed by atoms with Gasteiger partial charge in [-0.3, -0.25) is 9.59 Å². The van der Waals surface area contributed by atoms with Crippen molar-refractivity contribution in [2.75, 3.05) is 11.9 Å². The van der Waals surface area contributed by atoms with Gasteiger partial charge in [-0.1, -0.05) is 49.4 Å². The Balaban J connectivity index is 1.78. The van der Waals surface area contributed by atoms with Gasteiger partial charge in [0.05, 0.1) is 0 Å². The molecule has 0 saturated heterocycles. The predicted molar refractivity (Wildman–Crippen MR) is 87.6 cm³/mol. The molecule has 0 heterocycles. The molecule has 0 aromatic heterocycles. The number of benzene rings is 2. The molecule has 2 aromatic rings. The number of carbonyl (C=O) groups is 2. The summed E-state index contributed by atoms with van der Waals surface area (Å²) in [4.78, 5) is 23.5. The summed E-state index contributed by atoms with van der Waals surface area (Å²) in [5.74, 6) is -1.26. The average molecular weight is 296 g/mol. The highest BCUT2D eigenvalue weighted by atomic mass is 16.2. The molecule has 2 aromatic carbocycles. The Morgan fingerprint density at radius 1 is 0.864 bits per heavy atom. The minimum atomic E-state index is -0.641. The smallest absolute Gasteiger partial charge is 0.313 e. The first-order chi connectivity index (χ1) is 10.7. The third kappa shape index (κ3) is 4.74. The van der Waals surface area contributed by atoms with Gasteiger partial charge in [-0.15, -0.1) is 0 Å². The molecule has 0 bridgehead atoms. The fourth-order valence-corrected chi connectivity index (χ4v) is 2.06. The second-order valence-corrected chi connectivity index (χ2v) is 5.00. The van der Waals surface area contributed by atoms with Gasteiger partial charge in [0.25, 0.3) is 0 Å². The van der Waals surface area contributed by atoms with Crippen molar-refractivity contribution >= 4 is 17.5 Å². The second-order valence-electron chi connectivity index (χ2n) is 5.00. The Morgan fingerprint density at radius 3 is 2.18 bits per heavy atom. The van der Waals surface area contributed by atoms with Crippen molar-refractivity contribution in [2.24, 2.45) is 0 Å². The lowest BCUT2D eigenvalue weighted by molar-refractivity contribution is -0.136. The van der Waals surface area contributed by atoms with Crippen LogP contribution in [0.1, 0.15) is 18.1 Å². The van der Waals surface area contributed by atoms with E-state index >= 15 is 0 Å². The van der Waals surface area contributed by atoms with Crippen LogP contribution < -0.4 is 10.6 Å². The van der Waals surface area contributed by atoms with Crippen LogP contribution in [-0.4, -0.2) is 18.4 Å². The summed E-state index contributed by atoms with van der Waals surface area (Å²) in [7, 11) is 0. The zero-order chi connectivity index (χ0) is 15.8. The average Bonchev–Trinajstić information content (AvgIpc) is 2.56. The van der Waals surface area contributed by atoms with Gasteiger partial charge in [0.15, 0.2) is 0 Å². The number of aryl methyl sites for hydroxylation is 1. The van der Waals surface area contributed by atoms with E-state index in [1.54, 1.807) is 12.1 Å². The topological polar surface area (TPSA) is 58.2 Å². The summed E-state index contributed by atoms with van der Waals surface area (Å²) < 4.78 is 0.